The van der Waals surface area contributed by atoms with Crippen molar-refractivity contribution in [3.8, 4) is 23.0 Å². The summed E-state index contributed by atoms with van der Waals surface area (Å²) in [6.07, 6.45) is -0.0921. The van der Waals surface area contributed by atoms with E-state index >= 15 is 0 Å². The van der Waals surface area contributed by atoms with E-state index < -0.39 is 6.10 Å². The first kappa shape index (κ1) is 24.0. The molecule has 3 aromatic carbocycles. The number of likely N-dealkylation sites (tertiary alicyclic amines) is 1. The van der Waals surface area contributed by atoms with Crippen molar-refractivity contribution in [1.29, 1.82) is 0 Å². The highest BCUT2D eigenvalue weighted by molar-refractivity contribution is 6.42. The Kier molecular flexibility index (Phi) is 7.39. The van der Waals surface area contributed by atoms with Crippen molar-refractivity contribution in [2.24, 2.45) is 0 Å². The molecule has 4 rings (SSSR count). The Bertz CT molecular complexity index is 1170. The minimum Gasteiger partial charge on any atom is -0.497 e. The van der Waals surface area contributed by atoms with Crippen LogP contribution < -0.4 is 18.9 Å². The van der Waals surface area contributed by atoms with Crippen molar-refractivity contribution in [3.63, 3.8) is 0 Å². The van der Waals surface area contributed by atoms with Gasteiger partial charge in [0.1, 0.15) is 17.5 Å². The molecule has 1 aliphatic rings. The highest BCUT2D eigenvalue weighted by Gasteiger charge is 2.50. The van der Waals surface area contributed by atoms with E-state index in [1.165, 1.54) is 0 Å². The van der Waals surface area contributed by atoms with E-state index in [9.17, 15) is 4.79 Å². The SMILES string of the molecule is COc1ccc(O[C@@H]2C(=O)N(CCc3ccc(OC)c(OC)c3)[C@@H]2c2cccc(Cl)c2Cl)cc1. The second kappa shape index (κ2) is 10.5. The van der Waals surface area contributed by atoms with Crippen LogP contribution in [-0.2, 0) is 11.2 Å². The number of nitrogens with zero attached hydrogens (tertiary/aromatic N) is 1. The molecule has 0 aliphatic carbocycles. The number of hydrogen-bond donors (Lipinski definition) is 0. The van der Waals surface area contributed by atoms with Crippen LogP contribution in [0.2, 0.25) is 10.0 Å². The van der Waals surface area contributed by atoms with Gasteiger partial charge >= 0.3 is 0 Å². The van der Waals surface area contributed by atoms with Gasteiger partial charge < -0.3 is 23.8 Å². The Morgan fingerprint density at radius 3 is 2.24 bits per heavy atom. The normalized spacial score (nSPS) is 17.2. The summed E-state index contributed by atoms with van der Waals surface area (Å²) in [5.74, 6) is 2.46. The number of halogens is 2. The zero-order chi connectivity index (χ0) is 24.2. The third kappa shape index (κ3) is 4.74. The van der Waals surface area contributed by atoms with Crippen LogP contribution in [0.25, 0.3) is 0 Å². The van der Waals surface area contributed by atoms with Gasteiger partial charge in [-0.1, -0.05) is 41.4 Å². The summed E-state index contributed by atoms with van der Waals surface area (Å²) in [5, 5.41) is 0.850. The van der Waals surface area contributed by atoms with E-state index in [2.05, 4.69) is 0 Å². The van der Waals surface area contributed by atoms with Crippen molar-refractivity contribution in [2.45, 2.75) is 18.6 Å². The Labute approximate surface area is 208 Å². The number of methoxy groups -OCH3 is 3. The molecule has 0 radical (unpaired) electrons. The molecule has 1 heterocycles. The average Bonchev–Trinajstić information content (AvgIpc) is 2.87. The first-order valence-corrected chi connectivity index (χ1v) is 11.5. The number of carbonyl (C=O) groups excluding carboxylic acids is 1. The molecule has 8 heteroatoms. The van der Waals surface area contributed by atoms with E-state index in [-0.39, 0.29) is 11.9 Å². The Balaban J connectivity index is 1.57. The molecule has 0 bridgehead atoms. The first-order valence-electron chi connectivity index (χ1n) is 10.7. The number of amides is 1. The molecule has 178 valence electrons. The van der Waals surface area contributed by atoms with Gasteiger partial charge in [-0.25, -0.2) is 0 Å². The first-order chi connectivity index (χ1) is 16.5. The lowest BCUT2D eigenvalue weighted by Gasteiger charge is -2.47. The smallest absolute Gasteiger partial charge is 0.266 e. The Hall–Kier alpha value is -3.09. The molecule has 3 aromatic rings. The van der Waals surface area contributed by atoms with E-state index in [0.29, 0.717) is 46.0 Å². The monoisotopic (exact) mass is 501 g/mol. The highest BCUT2D eigenvalue weighted by atomic mass is 35.5. The number of rotatable bonds is 9. The van der Waals surface area contributed by atoms with Crippen LogP contribution in [0, 0.1) is 0 Å². The Morgan fingerprint density at radius 2 is 1.56 bits per heavy atom. The van der Waals surface area contributed by atoms with Gasteiger partial charge in [-0.2, -0.15) is 0 Å². The van der Waals surface area contributed by atoms with Crippen molar-refractivity contribution in [2.75, 3.05) is 27.9 Å². The molecule has 0 saturated carbocycles. The van der Waals surface area contributed by atoms with Crippen LogP contribution in [-0.4, -0.2) is 44.8 Å². The summed E-state index contributed by atoms with van der Waals surface area (Å²) in [6.45, 7) is 0.476. The fraction of sp³-hybridized carbons (Fsp3) is 0.269. The van der Waals surface area contributed by atoms with E-state index in [4.69, 9.17) is 42.1 Å². The van der Waals surface area contributed by atoms with Crippen LogP contribution in [0.1, 0.15) is 17.2 Å². The summed E-state index contributed by atoms with van der Waals surface area (Å²) in [7, 11) is 4.79. The second-order valence-electron chi connectivity index (χ2n) is 7.77. The standard InChI is InChI=1S/C26H25Cl2NO5/c1-31-17-8-10-18(11-9-17)34-25-24(19-5-4-6-20(27)23(19)28)29(26(25)30)14-13-16-7-12-21(32-2)22(15-16)33-3/h4-12,15,24-25H,13-14H2,1-3H3/t24-,25+/m1/s1. The highest BCUT2D eigenvalue weighted by Crippen LogP contribution is 2.42. The van der Waals surface area contributed by atoms with Crippen molar-refractivity contribution in [1.82, 2.24) is 4.90 Å². The maximum atomic E-state index is 13.2. The van der Waals surface area contributed by atoms with Gasteiger partial charge in [-0.05, 0) is 60.0 Å². The van der Waals surface area contributed by atoms with Gasteiger partial charge in [0.05, 0.1) is 31.4 Å². The molecule has 1 aliphatic heterocycles. The predicted molar refractivity (Wildman–Crippen MR) is 132 cm³/mol. The summed E-state index contributed by atoms with van der Waals surface area (Å²) in [6, 6.07) is 17.9. The number of β-lactam (4-membered cyclic amide) rings is 1. The maximum Gasteiger partial charge on any atom is 0.266 e. The number of benzene rings is 3. The zero-order valence-electron chi connectivity index (χ0n) is 19.1. The summed E-state index contributed by atoms with van der Waals surface area (Å²) in [5.41, 5.74) is 1.76. The third-order valence-corrected chi connectivity index (χ3v) is 6.69. The molecule has 1 amide bonds. The molecule has 1 saturated heterocycles. The van der Waals surface area contributed by atoms with Gasteiger partial charge in [0.2, 0.25) is 6.10 Å². The lowest BCUT2D eigenvalue weighted by Crippen LogP contribution is -2.61. The molecule has 34 heavy (non-hydrogen) atoms. The number of hydrogen-bond acceptors (Lipinski definition) is 5. The van der Waals surface area contributed by atoms with Crippen LogP contribution in [0.4, 0.5) is 0 Å². The van der Waals surface area contributed by atoms with E-state index in [1.54, 1.807) is 56.6 Å². The number of carbonyl (C=O) groups is 1. The van der Waals surface area contributed by atoms with Crippen LogP contribution >= 0.6 is 23.2 Å². The minimum atomic E-state index is -0.713. The zero-order valence-corrected chi connectivity index (χ0v) is 20.6. The lowest BCUT2D eigenvalue weighted by atomic mass is 9.89. The minimum absolute atomic E-state index is 0.114. The topological polar surface area (TPSA) is 57.2 Å². The fourth-order valence-electron chi connectivity index (χ4n) is 4.05. The van der Waals surface area contributed by atoms with Gasteiger partial charge in [0.15, 0.2) is 11.5 Å². The molecule has 0 unspecified atom stereocenters. The molecule has 0 aromatic heterocycles. The molecular formula is C26H25Cl2NO5. The molecule has 2 atom stereocenters. The summed E-state index contributed by atoms with van der Waals surface area (Å²) in [4.78, 5) is 14.9. The van der Waals surface area contributed by atoms with Gasteiger partial charge in [-0.3, -0.25) is 4.79 Å². The molecule has 6 nitrogen and oxygen atoms in total. The fourth-order valence-corrected chi connectivity index (χ4v) is 4.47. The van der Waals surface area contributed by atoms with Crippen LogP contribution in [0.5, 0.6) is 23.0 Å². The van der Waals surface area contributed by atoms with Crippen LogP contribution in [0.15, 0.2) is 60.7 Å². The third-order valence-electron chi connectivity index (χ3n) is 5.86. The summed E-state index contributed by atoms with van der Waals surface area (Å²) >= 11 is 12.8. The quantitative estimate of drug-likeness (QED) is 0.357. The van der Waals surface area contributed by atoms with Gasteiger partial charge in [0.25, 0.3) is 5.91 Å². The Morgan fingerprint density at radius 1 is 0.853 bits per heavy atom. The maximum absolute atomic E-state index is 13.2. The molecule has 0 N–H and O–H groups in total. The van der Waals surface area contributed by atoms with Crippen molar-refractivity contribution < 1.29 is 23.7 Å². The van der Waals surface area contributed by atoms with E-state index in [0.717, 1.165) is 11.1 Å². The van der Waals surface area contributed by atoms with Crippen LogP contribution in [0.3, 0.4) is 0 Å². The van der Waals surface area contributed by atoms with Crippen molar-refractivity contribution >= 4 is 29.1 Å². The molecule has 0 spiro atoms. The lowest BCUT2D eigenvalue weighted by molar-refractivity contribution is -0.164. The molecular weight excluding hydrogens is 477 g/mol. The number of ether oxygens (including phenoxy) is 4. The predicted octanol–water partition coefficient (Wildman–Crippen LogP) is 5.59. The second-order valence-corrected chi connectivity index (χ2v) is 8.56. The van der Waals surface area contributed by atoms with Gasteiger partial charge in [-0.15, -0.1) is 0 Å². The largest absolute Gasteiger partial charge is 0.497 e. The summed E-state index contributed by atoms with van der Waals surface area (Å²) < 4.78 is 22.0. The average molecular weight is 502 g/mol. The molecule has 1 fully saturated rings. The van der Waals surface area contributed by atoms with E-state index in [1.807, 2.05) is 30.3 Å². The van der Waals surface area contributed by atoms with Crippen molar-refractivity contribution in [3.05, 3.63) is 81.8 Å². The van der Waals surface area contributed by atoms with Gasteiger partial charge in [0, 0.05) is 6.54 Å².